The maximum absolute atomic E-state index is 14.1. The molecule has 0 aromatic heterocycles. The zero-order valence-corrected chi connectivity index (χ0v) is 28.0. The minimum Gasteiger partial charge on any atom is -0.468 e. The fourth-order valence-electron chi connectivity index (χ4n) is 7.03. The number of rotatable bonds is 18. The van der Waals surface area contributed by atoms with Gasteiger partial charge in [-0.05, 0) is 44.2 Å². The molecule has 4 rings (SSSR count). The zero-order chi connectivity index (χ0) is 32.9. The third kappa shape index (κ3) is 8.97. The van der Waals surface area contributed by atoms with Crippen LogP contribution in [0.25, 0.3) is 0 Å². The number of benzene rings is 1. The molecule has 2 fully saturated rings. The Balaban J connectivity index is 1.48. The first kappa shape index (κ1) is 35.6. The molecule has 0 bridgehead atoms. The van der Waals surface area contributed by atoms with Crippen molar-refractivity contribution in [3.63, 3.8) is 0 Å². The van der Waals surface area contributed by atoms with Gasteiger partial charge < -0.3 is 29.3 Å². The largest absolute Gasteiger partial charge is 0.468 e. The van der Waals surface area contributed by atoms with Crippen molar-refractivity contribution < 1.29 is 33.4 Å². The molecule has 2 saturated heterocycles. The number of amides is 3. The maximum Gasteiger partial charge on any atom is 0.320 e. The van der Waals surface area contributed by atoms with Crippen molar-refractivity contribution in [1.29, 1.82) is 0 Å². The average molecular weight is 640 g/mol. The van der Waals surface area contributed by atoms with E-state index in [1.807, 2.05) is 48.2 Å². The standard InChI is InChI=1S/C36H53N3O7/c1-4-5-6-7-8-12-21-39-31-23-30(26-45-25-28-15-10-9-11-16-28)46-27(2)36(31,35(43)44-3)24-29(34(39)42)22-32(40)37-18-14-20-38-19-13-17-33(38)41/h9-11,15-16,23,27,29-30H,4-8,12-14,17-22,24-26H2,1-3H3,(H,37,40)/t27-,29+,30-,36+/m1/s1. The third-order valence-corrected chi connectivity index (χ3v) is 9.56. The van der Waals surface area contributed by atoms with Gasteiger partial charge in [0, 0.05) is 50.6 Å². The normalized spacial score (nSPS) is 24.5. The lowest BCUT2D eigenvalue weighted by molar-refractivity contribution is -0.178. The highest BCUT2D eigenvalue weighted by molar-refractivity contribution is 5.92. The van der Waals surface area contributed by atoms with Crippen molar-refractivity contribution in [2.24, 2.45) is 11.3 Å². The van der Waals surface area contributed by atoms with Gasteiger partial charge in [0.25, 0.3) is 0 Å². The Morgan fingerprint density at radius 2 is 1.80 bits per heavy atom. The molecule has 3 heterocycles. The van der Waals surface area contributed by atoms with Gasteiger partial charge in [0.05, 0.1) is 26.4 Å². The van der Waals surface area contributed by atoms with Gasteiger partial charge in [0.1, 0.15) is 11.5 Å². The van der Waals surface area contributed by atoms with Crippen molar-refractivity contribution >= 4 is 23.7 Å². The number of nitrogens with one attached hydrogen (secondary N) is 1. The molecule has 46 heavy (non-hydrogen) atoms. The third-order valence-electron chi connectivity index (χ3n) is 9.56. The number of carbonyl (C=O) groups is 4. The summed E-state index contributed by atoms with van der Waals surface area (Å²) in [5.74, 6) is -1.38. The summed E-state index contributed by atoms with van der Waals surface area (Å²) < 4.78 is 17.8. The van der Waals surface area contributed by atoms with Crippen molar-refractivity contribution in [3.8, 4) is 0 Å². The predicted molar refractivity (Wildman–Crippen MR) is 174 cm³/mol. The van der Waals surface area contributed by atoms with Crippen LogP contribution >= 0.6 is 0 Å². The number of ether oxygens (including phenoxy) is 3. The number of likely N-dealkylation sites (tertiary alicyclic amines) is 2. The molecule has 0 unspecified atom stereocenters. The van der Waals surface area contributed by atoms with Gasteiger partial charge in [-0.1, -0.05) is 69.4 Å². The van der Waals surface area contributed by atoms with Gasteiger partial charge in [-0.25, -0.2) is 0 Å². The average Bonchev–Trinajstić information content (AvgIpc) is 3.47. The van der Waals surface area contributed by atoms with Crippen LogP contribution in [0.15, 0.2) is 42.1 Å². The smallest absolute Gasteiger partial charge is 0.320 e. The Morgan fingerprint density at radius 1 is 1.04 bits per heavy atom. The molecule has 10 heteroatoms. The Hall–Kier alpha value is -3.24. The molecule has 0 spiro atoms. The predicted octanol–water partition coefficient (Wildman–Crippen LogP) is 4.76. The van der Waals surface area contributed by atoms with Crippen LogP contribution in [-0.4, -0.2) is 85.6 Å². The number of fused-ring (bicyclic) bond motifs is 1. The van der Waals surface area contributed by atoms with Crippen LogP contribution in [0.2, 0.25) is 0 Å². The summed E-state index contributed by atoms with van der Waals surface area (Å²) in [4.78, 5) is 56.4. The van der Waals surface area contributed by atoms with Gasteiger partial charge >= 0.3 is 5.97 Å². The van der Waals surface area contributed by atoms with E-state index >= 15 is 0 Å². The molecule has 4 atom stereocenters. The molecule has 0 aliphatic carbocycles. The number of methoxy groups -OCH3 is 1. The Labute approximate surface area is 274 Å². The van der Waals surface area contributed by atoms with Crippen LogP contribution in [0.3, 0.4) is 0 Å². The fourth-order valence-corrected chi connectivity index (χ4v) is 7.03. The minimum atomic E-state index is -1.22. The van der Waals surface area contributed by atoms with E-state index in [0.717, 1.165) is 50.6 Å². The van der Waals surface area contributed by atoms with E-state index in [1.54, 1.807) is 4.90 Å². The number of hydrogen-bond acceptors (Lipinski definition) is 7. The lowest BCUT2D eigenvalue weighted by Gasteiger charge is -2.51. The lowest BCUT2D eigenvalue weighted by Crippen LogP contribution is -2.60. The molecule has 3 amide bonds. The molecule has 1 aromatic carbocycles. The molecule has 0 radical (unpaired) electrons. The quantitative estimate of drug-likeness (QED) is 0.182. The summed E-state index contributed by atoms with van der Waals surface area (Å²) in [5, 5.41) is 2.93. The van der Waals surface area contributed by atoms with E-state index in [4.69, 9.17) is 14.2 Å². The van der Waals surface area contributed by atoms with Crippen molar-refractivity contribution in [3.05, 3.63) is 47.7 Å². The Kier molecular flexibility index (Phi) is 13.6. The van der Waals surface area contributed by atoms with Crippen molar-refractivity contribution in [2.75, 3.05) is 39.9 Å². The second-order valence-corrected chi connectivity index (χ2v) is 12.9. The molecular weight excluding hydrogens is 586 g/mol. The van der Waals surface area contributed by atoms with Gasteiger partial charge in [-0.2, -0.15) is 0 Å². The van der Waals surface area contributed by atoms with E-state index < -0.39 is 29.5 Å². The maximum atomic E-state index is 14.1. The number of carbonyl (C=O) groups excluding carboxylic acids is 4. The summed E-state index contributed by atoms with van der Waals surface area (Å²) >= 11 is 0. The SMILES string of the molecule is CCCCCCCCN1C(=O)[C@@H](CC(=O)NCCCN2CCCC2=O)C[C@@]2(C(=O)OC)C1=C[C@H](COCc1ccccc1)O[C@@H]2C. The first-order chi connectivity index (χ1) is 22.3. The topological polar surface area (TPSA) is 114 Å². The number of esters is 1. The molecular formula is C36H53N3O7. The van der Waals surface area contributed by atoms with Gasteiger partial charge in [-0.15, -0.1) is 0 Å². The molecule has 3 aliphatic heterocycles. The number of nitrogens with zero attached hydrogens (tertiary/aromatic N) is 2. The number of piperidine rings is 1. The van der Waals surface area contributed by atoms with E-state index in [1.165, 1.54) is 13.5 Å². The zero-order valence-electron chi connectivity index (χ0n) is 28.0. The summed E-state index contributed by atoms with van der Waals surface area (Å²) in [6.45, 7) is 6.98. The summed E-state index contributed by atoms with van der Waals surface area (Å²) in [6.07, 6.45) is 9.39. The van der Waals surface area contributed by atoms with Crippen molar-refractivity contribution in [1.82, 2.24) is 15.1 Å². The summed E-state index contributed by atoms with van der Waals surface area (Å²) in [6, 6.07) is 9.88. The van der Waals surface area contributed by atoms with Gasteiger partial charge in [0.15, 0.2) is 0 Å². The molecule has 0 saturated carbocycles. The van der Waals surface area contributed by atoms with Crippen LogP contribution in [0.5, 0.6) is 0 Å². The Bertz CT molecular complexity index is 1210. The monoisotopic (exact) mass is 639 g/mol. The van der Waals surface area contributed by atoms with Crippen LogP contribution in [0.1, 0.15) is 90.0 Å². The van der Waals surface area contributed by atoms with Crippen molar-refractivity contribution in [2.45, 2.75) is 103 Å². The first-order valence-electron chi connectivity index (χ1n) is 17.2. The van der Waals surface area contributed by atoms with Crippen LogP contribution in [0.4, 0.5) is 0 Å². The summed E-state index contributed by atoms with van der Waals surface area (Å²) in [5.41, 5.74) is 0.435. The minimum absolute atomic E-state index is 0.0309. The molecule has 1 N–H and O–H groups in total. The molecule has 254 valence electrons. The second kappa shape index (κ2) is 17.6. The fraction of sp³-hybridized carbons (Fsp3) is 0.667. The number of hydrogen-bond donors (Lipinski definition) is 1. The summed E-state index contributed by atoms with van der Waals surface area (Å²) in [7, 11) is 1.36. The van der Waals surface area contributed by atoms with Crippen LogP contribution in [-0.2, 0) is 40.0 Å². The molecule has 1 aromatic rings. The molecule has 3 aliphatic rings. The Morgan fingerprint density at radius 3 is 2.52 bits per heavy atom. The second-order valence-electron chi connectivity index (χ2n) is 12.9. The van der Waals surface area contributed by atoms with Gasteiger partial charge in [-0.3, -0.25) is 19.2 Å². The van der Waals surface area contributed by atoms with Crippen LogP contribution in [0, 0.1) is 11.3 Å². The highest BCUT2D eigenvalue weighted by Gasteiger charge is 2.59. The van der Waals surface area contributed by atoms with E-state index in [0.29, 0.717) is 44.8 Å². The van der Waals surface area contributed by atoms with E-state index in [-0.39, 0.29) is 37.2 Å². The van der Waals surface area contributed by atoms with Gasteiger partial charge in [0.2, 0.25) is 17.7 Å². The van der Waals surface area contributed by atoms with Crippen LogP contribution < -0.4 is 5.32 Å². The first-order valence-corrected chi connectivity index (χ1v) is 17.2. The number of unbranched alkanes of at least 4 members (excludes halogenated alkanes) is 5. The van der Waals surface area contributed by atoms with E-state index in [2.05, 4.69) is 12.2 Å². The molecule has 10 nitrogen and oxygen atoms in total. The van der Waals surface area contributed by atoms with E-state index in [9.17, 15) is 19.2 Å². The lowest BCUT2D eigenvalue weighted by atomic mass is 9.66. The highest BCUT2D eigenvalue weighted by Crippen LogP contribution is 2.50. The highest BCUT2D eigenvalue weighted by atomic mass is 16.5.